The fourth-order valence-corrected chi connectivity index (χ4v) is 1.89. The van der Waals surface area contributed by atoms with Gasteiger partial charge in [0.25, 0.3) is 5.91 Å². The van der Waals surface area contributed by atoms with E-state index in [1.165, 1.54) is 0 Å². The van der Waals surface area contributed by atoms with E-state index in [9.17, 15) is 9.90 Å². The van der Waals surface area contributed by atoms with Crippen LogP contribution in [-0.4, -0.2) is 23.7 Å². The number of benzene rings is 1. The monoisotopic (exact) mass is 293 g/mol. The zero-order chi connectivity index (χ0) is 15.8. The molecule has 0 aliphatic carbocycles. The van der Waals surface area contributed by atoms with Crippen LogP contribution in [0.25, 0.3) is 0 Å². The SMILES string of the molecule is CC[C@@H](O)c1ccc(OC(C)C(=O)NCCC(C)C)cc1. The van der Waals surface area contributed by atoms with Gasteiger partial charge in [0.1, 0.15) is 5.75 Å². The molecule has 0 fully saturated rings. The maximum atomic E-state index is 11.9. The van der Waals surface area contributed by atoms with Gasteiger partial charge < -0.3 is 15.2 Å². The van der Waals surface area contributed by atoms with Gasteiger partial charge in [0, 0.05) is 6.54 Å². The minimum Gasteiger partial charge on any atom is -0.481 e. The molecule has 1 amide bonds. The van der Waals surface area contributed by atoms with Crippen LogP contribution < -0.4 is 10.1 Å². The maximum Gasteiger partial charge on any atom is 0.260 e. The number of ether oxygens (including phenoxy) is 1. The molecule has 1 rings (SSSR count). The third kappa shape index (κ3) is 6.17. The average Bonchev–Trinajstić information content (AvgIpc) is 2.46. The van der Waals surface area contributed by atoms with Crippen molar-refractivity contribution in [3.63, 3.8) is 0 Å². The second-order valence-corrected chi connectivity index (χ2v) is 5.73. The van der Waals surface area contributed by atoms with E-state index in [0.717, 1.165) is 12.0 Å². The predicted molar refractivity (Wildman–Crippen MR) is 84.2 cm³/mol. The Labute approximate surface area is 127 Å². The predicted octanol–water partition coefficient (Wildman–Crippen LogP) is 3.06. The summed E-state index contributed by atoms with van der Waals surface area (Å²) >= 11 is 0. The van der Waals surface area contributed by atoms with Crippen molar-refractivity contribution in [2.75, 3.05) is 6.54 Å². The Morgan fingerprint density at radius 2 is 1.86 bits per heavy atom. The third-order valence-electron chi connectivity index (χ3n) is 3.35. The Hall–Kier alpha value is -1.55. The number of aliphatic hydroxyl groups is 1. The molecule has 0 aromatic heterocycles. The van der Waals surface area contributed by atoms with Crippen LogP contribution >= 0.6 is 0 Å². The first kappa shape index (κ1) is 17.5. The van der Waals surface area contributed by atoms with E-state index < -0.39 is 12.2 Å². The van der Waals surface area contributed by atoms with Crippen molar-refractivity contribution in [3.8, 4) is 5.75 Å². The number of hydrogen-bond donors (Lipinski definition) is 2. The maximum absolute atomic E-state index is 11.9. The van der Waals surface area contributed by atoms with Crippen LogP contribution in [0.4, 0.5) is 0 Å². The smallest absolute Gasteiger partial charge is 0.260 e. The fraction of sp³-hybridized carbons (Fsp3) is 0.588. The first-order valence-corrected chi connectivity index (χ1v) is 7.66. The van der Waals surface area contributed by atoms with Crippen molar-refractivity contribution in [2.24, 2.45) is 5.92 Å². The van der Waals surface area contributed by atoms with E-state index in [2.05, 4.69) is 19.2 Å². The molecule has 0 spiro atoms. The number of rotatable bonds is 8. The Kier molecular flexibility index (Phi) is 7.23. The second kappa shape index (κ2) is 8.67. The summed E-state index contributed by atoms with van der Waals surface area (Å²) in [5, 5.41) is 12.6. The highest BCUT2D eigenvalue weighted by Crippen LogP contribution is 2.20. The van der Waals surface area contributed by atoms with Crippen LogP contribution in [0.2, 0.25) is 0 Å². The van der Waals surface area contributed by atoms with Crippen molar-refractivity contribution < 1.29 is 14.6 Å². The number of amides is 1. The van der Waals surface area contributed by atoms with Gasteiger partial charge in [-0.2, -0.15) is 0 Å². The van der Waals surface area contributed by atoms with Crippen molar-refractivity contribution in [3.05, 3.63) is 29.8 Å². The molecule has 1 aromatic rings. The molecule has 0 radical (unpaired) electrons. The van der Waals surface area contributed by atoms with Crippen molar-refractivity contribution >= 4 is 5.91 Å². The topological polar surface area (TPSA) is 58.6 Å². The summed E-state index contributed by atoms with van der Waals surface area (Å²) in [6, 6.07) is 7.22. The first-order valence-electron chi connectivity index (χ1n) is 7.66. The summed E-state index contributed by atoms with van der Waals surface area (Å²) < 4.78 is 5.61. The normalized spacial score (nSPS) is 13.8. The van der Waals surface area contributed by atoms with Crippen molar-refractivity contribution in [1.82, 2.24) is 5.32 Å². The highest BCUT2D eigenvalue weighted by Gasteiger charge is 2.14. The number of aliphatic hydroxyl groups excluding tert-OH is 1. The van der Waals surface area contributed by atoms with Gasteiger partial charge in [-0.15, -0.1) is 0 Å². The van der Waals surface area contributed by atoms with Crippen LogP contribution in [0.1, 0.15) is 52.2 Å². The van der Waals surface area contributed by atoms with Crippen molar-refractivity contribution in [1.29, 1.82) is 0 Å². The highest BCUT2D eigenvalue weighted by atomic mass is 16.5. The molecule has 1 aromatic carbocycles. The summed E-state index contributed by atoms with van der Waals surface area (Å²) in [7, 11) is 0. The Bertz CT molecular complexity index is 428. The summed E-state index contributed by atoms with van der Waals surface area (Å²) in [5.74, 6) is 1.10. The average molecular weight is 293 g/mol. The molecule has 4 nitrogen and oxygen atoms in total. The quantitative estimate of drug-likeness (QED) is 0.774. The molecule has 1 unspecified atom stereocenters. The summed E-state index contributed by atoms with van der Waals surface area (Å²) in [4.78, 5) is 11.9. The van der Waals surface area contributed by atoms with Gasteiger partial charge >= 0.3 is 0 Å². The molecule has 0 saturated carbocycles. The molecule has 2 N–H and O–H groups in total. The summed E-state index contributed by atoms with van der Waals surface area (Å²) in [6.07, 6.45) is 0.659. The molecule has 0 heterocycles. The highest BCUT2D eigenvalue weighted by molar-refractivity contribution is 5.80. The molecule has 2 atom stereocenters. The Morgan fingerprint density at radius 1 is 1.24 bits per heavy atom. The van der Waals surface area contributed by atoms with E-state index in [1.807, 2.05) is 19.1 Å². The minimum atomic E-state index is -0.529. The van der Waals surface area contributed by atoms with E-state index in [4.69, 9.17) is 4.74 Å². The first-order chi connectivity index (χ1) is 9.93. The van der Waals surface area contributed by atoms with E-state index in [-0.39, 0.29) is 5.91 Å². The molecular weight excluding hydrogens is 266 g/mol. The zero-order valence-electron chi connectivity index (χ0n) is 13.4. The lowest BCUT2D eigenvalue weighted by molar-refractivity contribution is -0.127. The zero-order valence-corrected chi connectivity index (χ0v) is 13.4. The molecule has 0 aliphatic rings. The lowest BCUT2D eigenvalue weighted by atomic mass is 10.1. The third-order valence-corrected chi connectivity index (χ3v) is 3.35. The largest absolute Gasteiger partial charge is 0.481 e. The Balaban J connectivity index is 2.46. The van der Waals surface area contributed by atoms with Gasteiger partial charge in [-0.3, -0.25) is 4.79 Å². The fourth-order valence-electron chi connectivity index (χ4n) is 1.89. The van der Waals surface area contributed by atoms with Crippen molar-refractivity contribution in [2.45, 2.75) is 52.7 Å². The molecular formula is C17H27NO3. The molecule has 0 aliphatic heterocycles. The Morgan fingerprint density at radius 3 is 2.38 bits per heavy atom. The van der Waals surface area contributed by atoms with Crippen LogP contribution in [0.5, 0.6) is 5.75 Å². The van der Waals surface area contributed by atoms with E-state index >= 15 is 0 Å². The summed E-state index contributed by atoms with van der Waals surface area (Å²) in [6.45, 7) is 8.58. The van der Waals surface area contributed by atoms with Crippen LogP contribution in [0.15, 0.2) is 24.3 Å². The molecule has 0 bridgehead atoms. The van der Waals surface area contributed by atoms with Gasteiger partial charge in [-0.05, 0) is 43.4 Å². The molecule has 118 valence electrons. The van der Waals surface area contributed by atoms with Gasteiger partial charge in [0.2, 0.25) is 0 Å². The van der Waals surface area contributed by atoms with Crippen LogP contribution in [0.3, 0.4) is 0 Å². The second-order valence-electron chi connectivity index (χ2n) is 5.73. The van der Waals surface area contributed by atoms with E-state index in [0.29, 0.717) is 24.6 Å². The van der Waals surface area contributed by atoms with Gasteiger partial charge in [-0.25, -0.2) is 0 Å². The standard InChI is InChI=1S/C17H27NO3/c1-5-16(19)14-6-8-15(9-7-14)21-13(4)17(20)18-11-10-12(2)3/h6-9,12-13,16,19H,5,10-11H2,1-4H3,(H,18,20)/t13?,16-/m1/s1. The molecule has 21 heavy (non-hydrogen) atoms. The van der Waals surface area contributed by atoms with Gasteiger partial charge in [0.05, 0.1) is 6.10 Å². The number of carbonyl (C=O) groups excluding carboxylic acids is 1. The number of carbonyl (C=O) groups is 1. The number of hydrogen-bond acceptors (Lipinski definition) is 3. The molecule has 4 heteroatoms. The lowest BCUT2D eigenvalue weighted by Crippen LogP contribution is -2.37. The lowest BCUT2D eigenvalue weighted by Gasteiger charge is -2.16. The molecule has 0 saturated heterocycles. The van der Waals surface area contributed by atoms with Crippen LogP contribution in [-0.2, 0) is 4.79 Å². The summed E-state index contributed by atoms with van der Waals surface area (Å²) in [5.41, 5.74) is 0.860. The van der Waals surface area contributed by atoms with Crippen LogP contribution in [0, 0.1) is 5.92 Å². The van der Waals surface area contributed by atoms with E-state index in [1.54, 1.807) is 19.1 Å². The van der Waals surface area contributed by atoms with Gasteiger partial charge in [0.15, 0.2) is 6.10 Å². The number of nitrogens with one attached hydrogen (secondary N) is 1. The van der Waals surface area contributed by atoms with Gasteiger partial charge in [-0.1, -0.05) is 32.9 Å². The minimum absolute atomic E-state index is 0.103.